The number of halogens is 1. The first kappa shape index (κ1) is 15.6. The molecule has 7 heteroatoms. The molecule has 0 saturated heterocycles. The number of hydrogen-bond acceptors (Lipinski definition) is 3. The zero-order valence-corrected chi connectivity index (χ0v) is 13.9. The minimum atomic E-state index is -3.79. The van der Waals surface area contributed by atoms with E-state index < -0.39 is 16.1 Å². The molecule has 0 radical (unpaired) electrons. The van der Waals surface area contributed by atoms with Gasteiger partial charge in [0.05, 0.1) is 4.90 Å². The van der Waals surface area contributed by atoms with Gasteiger partial charge in [0.1, 0.15) is 0 Å². The number of carbonyl (C=O) groups excluding carboxylic acids is 1. The predicted molar refractivity (Wildman–Crippen MR) is 84.9 cm³/mol. The quantitative estimate of drug-likeness (QED) is 0.756. The summed E-state index contributed by atoms with van der Waals surface area (Å²) in [5.74, 6) is 0. The third-order valence-electron chi connectivity index (χ3n) is 3.29. The van der Waals surface area contributed by atoms with Gasteiger partial charge < -0.3 is 5.32 Å². The molecule has 1 aliphatic rings. The first-order valence-electron chi connectivity index (χ1n) is 6.56. The Morgan fingerprint density at radius 3 is 2.30 bits per heavy atom. The van der Waals surface area contributed by atoms with Crippen molar-refractivity contribution in [2.24, 2.45) is 0 Å². The molecule has 2 amide bonds. The summed E-state index contributed by atoms with van der Waals surface area (Å²) in [4.78, 5) is 11.9. The smallest absolute Gasteiger partial charge is 0.328 e. The van der Waals surface area contributed by atoms with Crippen molar-refractivity contribution in [1.82, 2.24) is 10.0 Å². The average molecular weight is 408 g/mol. The van der Waals surface area contributed by atoms with E-state index in [4.69, 9.17) is 0 Å². The van der Waals surface area contributed by atoms with E-state index in [2.05, 4.69) is 32.6 Å². The van der Waals surface area contributed by atoms with Gasteiger partial charge in [0, 0.05) is 9.61 Å². The van der Waals surface area contributed by atoms with Crippen LogP contribution in [-0.2, 0) is 10.0 Å². The van der Waals surface area contributed by atoms with E-state index in [0.717, 1.165) is 29.3 Å². The minimum absolute atomic E-state index is 0.0793. The molecular formula is C13H17IN2O3S. The van der Waals surface area contributed by atoms with Crippen LogP contribution in [0.1, 0.15) is 32.1 Å². The highest BCUT2D eigenvalue weighted by molar-refractivity contribution is 14.1. The van der Waals surface area contributed by atoms with Crippen LogP contribution in [0.4, 0.5) is 4.79 Å². The lowest BCUT2D eigenvalue weighted by Gasteiger charge is -2.22. The van der Waals surface area contributed by atoms with Gasteiger partial charge in [-0.3, -0.25) is 0 Å². The van der Waals surface area contributed by atoms with E-state index in [1.807, 2.05) is 0 Å². The maximum atomic E-state index is 12.0. The molecule has 0 spiro atoms. The summed E-state index contributed by atoms with van der Waals surface area (Å²) < 4.78 is 27.0. The van der Waals surface area contributed by atoms with E-state index in [1.54, 1.807) is 12.1 Å². The predicted octanol–water partition coefficient (Wildman–Crippen LogP) is 2.61. The number of carbonyl (C=O) groups is 1. The molecular weight excluding hydrogens is 391 g/mol. The van der Waals surface area contributed by atoms with Gasteiger partial charge in [-0.1, -0.05) is 19.3 Å². The molecule has 110 valence electrons. The van der Waals surface area contributed by atoms with E-state index in [1.165, 1.54) is 18.6 Å². The number of amides is 2. The molecule has 0 heterocycles. The molecule has 1 saturated carbocycles. The largest absolute Gasteiger partial charge is 0.335 e. The molecule has 0 aromatic heterocycles. The summed E-state index contributed by atoms with van der Waals surface area (Å²) in [6.07, 6.45) is 5.17. The molecule has 1 aromatic rings. The third kappa shape index (κ3) is 4.34. The zero-order chi connectivity index (χ0) is 14.6. The topological polar surface area (TPSA) is 75.3 Å². The second-order valence-electron chi connectivity index (χ2n) is 4.87. The molecule has 0 bridgehead atoms. The van der Waals surface area contributed by atoms with E-state index in [0.29, 0.717) is 0 Å². The number of urea groups is 1. The number of sulfonamides is 1. The van der Waals surface area contributed by atoms with Crippen molar-refractivity contribution in [3.05, 3.63) is 27.8 Å². The Bertz CT molecular complexity index is 566. The van der Waals surface area contributed by atoms with Crippen LogP contribution >= 0.6 is 22.6 Å². The molecule has 1 fully saturated rings. The first-order valence-corrected chi connectivity index (χ1v) is 9.12. The second kappa shape index (κ2) is 6.75. The van der Waals surface area contributed by atoms with Gasteiger partial charge in [-0.2, -0.15) is 0 Å². The van der Waals surface area contributed by atoms with Gasteiger partial charge in [-0.25, -0.2) is 17.9 Å². The summed E-state index contributed by atoms with van der Waals surface area (Å²) in [6.45, 7) is 0. The van der Waals surface area contributed by atoms with Crippen molar-refractivity contribution >= 4 is 38.6 Å². The highest BCUT2D eigenvalue weighted by Crippen LogP contribution is 2.17. The summed E-state index contributed by atoms with van der Waals surface area (Å²) in [7, 11) is -3.79. The van der Waals surface area contributed by atoms with Crippen LogP contribution in [0.3, 0.4) is 0 Å². The Kier molecular flexibility index (Phi) is 5.25. The van der Waals surface area contributed by atoms with Gasteiger partial charge >= 0.3 is 6.03 Å². The van der Waals surface area contributed by atoms with Crippen molar-refractivity contribution < 1.29 is 13.2 Å². The highest BCUT2D eigenvalue weighted by Gasteiger charge is 2.20. The Morgan fingerprint density at radius 1 is 1.10 bits per heavy atom. The summed E-state index contributed by atoms with van der Waals surface area (Å²) >= 11 is 2.09. The van der Waals surface area contributed by atoms with Crippen molar-refractivity contribution in [3.8, 4) is 0 Å². The lowest BCUT2D eigenvalue weighted by Crippen LogP contribution is -2.45. The molecule has 2 N–H and O–H groups in total. The van der Waals surface area contributed by atoms with Gasteiger partial charge in [0.25, 0.3) is 10.0 Å². The van der Waals surface area contributed by atoms with Crippen LogP contribution in [0.25, 0.3) is 0 Å². The highest BCUT2D eigenvalue weighted by atomic mass is 127. The summed E-state index contributed by atoms with van der Waals surface area (Å²) in [5, 5.41) is 2.73. The maximum absolute atomic E-state index is 12.0. The Morgan fingerprint density at radius 2 is 1.70 bits per heavy atom. The van der Waals surface area contributed by atoms with Crippen molar-refractivity contribution in [3.63, 3.8) is 0 Å². The second-order valence-corrected chi connectivity index (χ2v) is 7.80. The lowest BCUT2D eigenvalue weighted by atomic mass is 9.96. The van der Waals surface area contributed by atoms with Crippen LogP contribution in [0, 0.1) is 3.57 Å². The minimum Gasteiger partial charge on any atom is -0.335 e. The number of rotatable bonds is 3. The van der Waals surface area contributed by atoms with Gasteiger partial charge in [0.15, 0.2) is 0 Å². The molecule has 5 nitrogen and oxygen atoms in total. The molecule has 0 unspecified atom stereocenters. The number of nitrogens with one attached hydrogen (secondary N) is 2. The molecule has 1 aliphatic carbocycles. The summed E-state index contributed by atoms with van der Waals surface area (Å²) in [5.41, 5.74) is 0. The van der Waals surface area contributed by atoms with Crippen LogP contribution < -0.4 is 10.0 Å². The summed E-state index contributed by atoms with van der Waals surface area (Å²) in [6, 6.07) is 5.78. The van der Waals surface area contributed by atoms with Crippen LogP contribution in [-0.4, -0.2) is 20.5 Å². The van der Waals surface area contributed by atoms with Crippen molar-refractivity contribution in [1.29, 1.82) is 0 Å². The first-order chi connectivity index (χ1) is 9.47. The Hall–Kier alpha value is -0.830. The van der Waals surface area contributed by atoms with E-state index in [-0.39, 0.29) is 10.9 Å². The third-order valence-corrected chi connectivity index (χ3v) is 5.36. The molecule has 2 rings (SSSR count). The van der Waals surface area contributed by atoms with Crippen molar-refractivity contribution in [2.75, 3.05) is 0 Å². The van der Waals surface area contributed by atoms with Crippen molar-refractivity contribution in [2.45, 2.75) is 43.0 Å². The van der Waals surface area contributed by atoms with Gasteiger partial charge in [-0.05, 0) is 59.7 Å². The number of hydrogen-bond donors (Lipinski definition) is 2. The lowest BCUT2D eigenvalue weighted by molar-refractivity contribution is 0.237. The molecule has 0 aliphatic heterocycles. The SMILES string of the molecule is O=C(NC1CCCCC1)NS(=O)(=O)c1ccc(I)cc1. The fraction of sp³-hybridized carbons (Fsp3) is 0.462. The Balaban J connectivity index is 1.97. The van der Waals surface area contributed by atoms with Crippen LogP contribution in [0.5, 0.6) is 0 Å². The zero-order valence-electron chi connectivity index (χ0n) is 10.9. The monoisotopic (exact) mass is 408 g/mol. The maximum Gasteiger partial charge on any atom is 0.328 e. The molecule has 0 atom stereocenters. The fourth-order valence-corrected chi connectivity index (χ4v) is 3.53. The van der Waals surface area contributed by atoms with E-state index in [9.17, 15) is 13.2 Å². The number of benzene rings is 1. The normalized spacial score (nSPS) is 16.6. The van der Waals surface area contributed by atoms with Crippen LogP contribution in [0.2, 0.25) is 0 Å². The molecule has 1 aromatic carbocycles. The molecule has 20 heavy (non-hydrogen) atoms. The van der Waals surface area contributed by atoms with Gasteiger partial charge in [0.2, 0.25) is 0 Å². The Labute approximate surface area is 132 Å². The van der Waals surface area contributed by atoms with E-state index >= 15 is 0 Å². The standard InChI is InChI=1S/C13H17IN2O3S/c14-10-6-8-12(9-7-10)20(18,19)16-13(17)15-11-4-2-1-3-5-11/h6-9,11H,1-5H2,(H2,15,16,17). The van der Waals surface area contributed by atoms with Crippen LogP contribution in [0.15, 0.2) is 29.2 Å². The van der Waals surface area contributed by atoms with Gasteiger partial charge in [-0.15, -0.1) is 0 Å². The fourth-order valence-electron chi connectivity index (χ4n) is 2.26. The average Bonchev–Trinajstić information content (AvgIpc) is 2.39.